The lowest BCUT2D eigenvalue weighted by Crippen LogP contribution is -2.57. The minimum atomic E-state index is -0.892. The highest BCUT2D eigenvalue weighted by atomic mass is 16.3. The van der Waals surface area contributed by atoms with E-state index in [0.29, 0.717) is 18.4 Å². The largest absolute Gasteiger partial charge is 0.389 e. The van der Waals surface area contributed by atoms with Crippen LogP contribution in [0, 0.1) is 18.3 Å². The van der Waals surface area contributed by atoms with Gasteiger partial charge in [0.05, 0.1) is 5.60 Å². The van der Waals surface area contributed by atoms with Crippen molar-refractivity contribution in [1.82, 2.24) is 10.6 Å². The van der Waals surface area contributed by atoms with Crippen LogP contribution in [-0.4, -0.2) is 41.7 Å². The van der Waals surface area contributed by atoms with E-state index in [4.69, 9.17) is 6.42 Å². The number of carbonyl (C=O) groups is 2. The fraction of sp³-hybridized carbons (Fsp3) is 0.545. The molecule has 6 heteroatoms. The van der Waals surface area contributed by atoms with Crippen molar-refractivity contribution in [2.24, 2.45) is 5.92 Å². The molecule has 0 bridgehead atoms. The Morgan fingerprint density at radius 1 is 1.14 bits per heavy atom. The first-order chi connectivity index (χ1) is 13.4. The monoisotopic (exact) mass is 383 g/mol. The molecule has 2 saturated carbocycles. The number of carbonyl (C=O) groups excluding carboxylic acids is 2. The normalized spacial score (nSPS) is 29.1. The predicted molar refractivity (Wildman–Crippen MR) is 109 cm³/mol. The van der Waals surface area contributed by atoms with E-state index in [1.165, 1.54) is 0 Å². The standard InChI is InChI=1S/C22H29N3O3/c1-3-12-22(28)13-16(14-22)21(27)25-19-7-5-4-6-18(19)24-20(26)15-8-10-17(23-2)11-9-15/h1,8-11,16,18-19,23,28H,4-7,12-14H2,2H3,(H,24,26)(H,25,27)/t16?,18-,19-,22?/m1/s1. The Balaban J connectivity index is 1.56. The third kappa shape index (κ3) is 4.66. The molecule has 0 aromatic heterocycles. The zero-order chi connectivity index (χ0) is 20.1. The maximum Gasteiger partial charge on any atom is 0.251 e. The molecular formula is C22H29N3O3. The van der Waals surface area contributed by atoms with Gasteiger partial charge in [-0.1, -0.05) is 12.8 Å². The number of anilines is 1. The highest BCUT2D eigenvalue weighted by Crippen LogP contribution is 2.40. The van der Waals surface area contributed by atoms with Crippen LogP contribution in [0.4, 0.5) is 5.69 Å². The van der Waals surface area contributed by atoms with Crippen molar-refractivity contribution in [3.63, 3.8) is 0 Å². The summed E-state index contributed by atoms with van der Waals surface area (Å²) in [6.07, 6.45) is 10.1. The Bertz CT molecular complexity index is 747. The van der Waals surface area contributed by atoms with Gasteiger partial charge in [0.25, 0.3) is 5.91 Å². The molecule has 2 amide bonds. The van der Waals surface area contributed by atoms with E-state index in [0.717, 1.165) is 31.4 Å². The number of hydrogen-bond acceptors (Lipinski definition) is 4. The third-order valence-corrected chi connectivity index (χ3v) is 5.90. The summed E-state index contributed by atoms with van der Waals surface area (Å²) in [5, 5.41) is 19.4. The molecule has 6 nitrogen and oxygen atoms in total. The molecule has 150 valence electrons. The smallest absolute Gasteiger partial charge is 0.251 e. The summed E-state index contributed by atoms with van der Waals surface area (Å²) in [5.74, 6) is 2.09. The lowest BCUT2D eigenvalue weighted by atomic mass is 9.69. The van der Waals surface area contributed by atoms with Crippen LogP contribution in [0.25, 0.3) is 0 Å². The first-order valence-corrected chi connectivity index (χ1v) is 9.99. The van der Waals surface area contributed by atoms with Crippen LogP contribution in [0.5, 0.6) is 0 Å². The van der Waals surface area contributed by atoms with E-state index >= 15 is 0 Å². The van der Waals surface area contributed by atoms with Crippen LogP contribution < -0.4 is 16.0 Å². The van der Waals surface area contributed by atoms with Crippen LogP contribution in [-0.2, 0) is 4.79 Å². The molecule has 2 aliphatic rings. The lowest BCUT2D eigenvalue weighted by molar-refractivity contribution is -0.141. The highest BCUT2D eigenvalue weighted by molar-refractivity contribution is 5.94. The Morgan fingerprint density at radius 3 is 2.32 bits per heavy atom. The number of aliphatic hydroxyl groups is 1. The van der Waals surface area contributed by atoms with Gasteiger partial charge in [-0.25, -0.2) is 0 Å². The zero-order valence-electron chi connectivity index (χ0n) is 16.3. The van der Waals surface area contributed by atoms with E-state index in [9.17, 15) is 14.7 Å². The molecule has 0 saturated heterocycles. The van der Waals surface area contributed by atoms with Gasteiger partial charge in [-0.05, 0) is 49.9 Å². The molecule has 28 heavy (non-hydrogen) atoms. The number of nitrogens with one attached hydrogen (secondary N) is 3. The second kappa shape index (κ2) is 8.66. The van der Waals surface area contributed by atoms with Crippen molar-refractivity contribution in [3.05, 3.63) is 29.8 Å². The Morgan fingerprint density at radius 2 is 1.75 bits per heavy atom. The number of hydrogen-bond donors (Lipinski definition) is 4. The van der Waals surface area contributed by atoms with Gasteiger partial charge in [0, 0.05) is 42.7 Å². The second-order valence-electron chi connectivity index (χ2n) is 8.02. The Labute approximate surface area is 166 Å². The van der Waals surface area contributed by atoms with E-state index in [2.05, 4.69) is 21.9 Å². The summed E-state index contributed by atoms with van der Waals surface area (Å²) in [4.78, 5) is 25.2. The van der Waals surface area contributed by atoms with Crippen molar-refractivity contribution in [2.45, 2.75) is 62.6 Å². The number of benzene rings is 1. The van der Waals surface area contributed by atoms with Crippen LogP contribution in [0.2, 0.25) is 0 Å². The average molecular weight is 383 g/mol. The van der Waals surface area contributed by atoms with Gasteiger partial charge in [-0.2, -0.15) is 0 Å². The van der Waals surface area contributed by atoms with Gasteiger partial charge in [-0.15, -0.1) is 12.3 Å². The van der Waals surface area contributed by atoms with Crippen molar-refractivity contribution < 1.29 is 14.7 Å². The SMILES string of the molecule is C#CCC1(O)CC(C(=O)N[C@@H]2CCCC[C@H]2NC(=O)c2ccc(NC)cc2)C1. The summed E-state index contributed by atoms with van der Waals surface area (Å²) in [6, 6.07) is 7.14. The summed E-state index contributed by atoms with van der Waals surface area (Å²) in [6.45, 7) is 0. The van der Waals surface area contributed by atoms with Gasteiger partial charge >= 0.3 is 0 Å². The molecule has 2 aliphatic carbocycles. The first-order valence-electron chi connectivity index (χ1n) is 9.99. The van der Waals surface area contributed by atoms with E-state index < -0.39 is 5.60 Å². The molecule has 0 heterocycles. The Kier molecular flexibility index (Phi) is 6.25. The molecule has 1 aromatic rings. The van der Waals surface area contributed by atoms with Crippen LogP contribution in [0.1, 0.15) is 55.3 Å². The number of amides is 2. The Hall–Kier alpha value is -2.52. The molecular weight excluding hydrogens is 354 g/mol. The molecule has 2 fully saturated rings. The average Bonchev–Trinajstić information content (AvgIpc) is 2.67. The molecule has 1 aromatic carbocycles. The van der Waals surface area contributed by atoms with Crippen molar-refractivity contribution >= 4 is 17.5 Å². The van der Waals surface area contributed by atoms with E-state index in [1.807, 2.05) is 19.2 Å². The summed E-state index contributed by atoms with van der Waals surface area (Å²) >= 11 is 0. The van der Waals surface area contributed by atoms with Gasteiger partial charge in [-0.3, -0.25) is 9.59 Å². The lowest BCUT2D eigenvalue weighted by Gasteiger charge is -2.43. The predicted octanol–water partition coefficient (Wildman–Crippen LogP) is 2.05. The summed E-state index contributed by atoms with van der Waals surface area (Å²) < 4.78 is 0. The topological polar surface area (TPSA) is 90.5 Å². The fourth-order valence-corrected chi connectivity index (χ4v) is 4.19. The van der Waals surface area contributed by atoms with Crippen LogP contribution in [0.15, 0.2) is 24.3 Å². The molecule has 0 spiro atoms. The molecule has 0 aliphatic heterocycles. The highest BCUT2D eigenvalue weighted by Gasteiger charge is 2.46. The quantitative estimate of drug-likeness (QED) is 0.566. The van der Waals surface area contributed by atoms with Crippen LogP contribution >= 0.6 is 0 Å². The van der Waals surface area contributed by atoms with Gasteiger partial charge in [0.2, 0.25) is 5.91 Å². The molecule has 0 radical (unpaired) electrons. The first kappa shape index (κ1) is 20.2. The second-order valence-corrected chi connectivity index (χ2v) is 8.02. The van der Waals surface area contributed by atoms with Gasteiger partial charge < -0.3 is 21.1 Å². The van der Waals surface area contributed by atoms with Crippen LogP contribution in [0.3, 0.4) is 0 Å². The van der Waals surface area contributed by atoms with Crippen molar-refractivity contribution in [3.8, 4) is 12.3 Å². The van der Waals surface area contributed by atoms with E-state index in [-0.39, 0.29) is 36.2 Å². The number of rotatable bonds is 6. The fourth-order valence-electron chi connectivity index (χ4n) is 4.19. The van der Waals surface area contributed by atoms with Crippen molar-refractivity contribution in [2.75, 3.05) is 12.4 Å². The third-order valence-electron chi connectivity index (χ3n) is 5.90. The summed E-state index contributed by atoms with van der Waals surface area (Å²) in [5.41, 5.74) is 0.661. The minimum absolute atomic E-state index is 0.0498. The number of terminal acetylenes is 1. The molecule has 4 N–H and O–H groups in total. The maximum absolute atomic E-state index is 12.6. The van der Waals surface area contributed by atoms with E-state index in [1.54, 1.807) is 12.1 Å². The zero-order valence-corrected chi connectivity index (χ0v) is 16.3. The molecule has 3 rings (SSSR count). The summed E-state index contributed by atoms with van der Waals surface area (Å²) in [7, 11) is 1.83. The van der Waals surface area contributed by atoms with Gasteiger partial charge in [0.15, 0.2) is 0 Å². The minimum Gasteiger partial charge on any atom is -0.389 e. The molecule has 2 atom stereocenters. The molecule has 0 unspecified atom stereocenters. The maximum atomic E-state index is 12.6. The van der Waals surface area contributed by atoms with Crippen molar-refractivity contribution in [1.29, 1.82) is 0 Å². The van der Waals surface area contributed by atoms with Gasteiger partial charge in [0.1, 0.15) is 0 Å².